The summed E-state index contributed by atoms with van der Waals surface area (Å²) in [7, 11) is 2.09. The molecule has 0 bridgehead atoms. The van der Waals surface area contributed by atoms with Crippen LogP contribution < -0.4 is 0 Å². The Bertz CT molecular complexity index is 189. The lowest BCUT2D eigenvalue weighted by Crippen LogP contribution is -2.27. The van der Waals surface area contributed by atoms with Gasteiger partial charge in [0, 0.05) is 18.4 Å². The molecular formula is C11H21NO. The maximum atomic E-state index is 11.9. The van der Waals surface area contributed by atoms with E-state index in [-0.39, 0.29) is 5.92 Å². The Balaban J connectivity index is 2.48. The van der Waals surface area contributed by atoms with Crippen molar-refractivity contribution >= 4 is 5.78 Å². The number of hydrogen-bond acceptors (Lipinski definition) is 2. The van der Waals surface area contributed by atoms with E-state index in [2.05, 4.69) is 32.7 Å². The van der Waals surface area contributed by atoms with Crippen molar-refractivity contribution in [3.05, 3.63) is 0 Å². The molecule has 0 aromatic carbocycles. The second-order valence-electron chi connectivity index (χ2n) is 4.68. The van der Waals surface area contributed by atoms with Crippen LogP contribution in [-0.4, -0.2) is 30.8 Å². The van der Waals surface area contributed by atoms with Gasteiger partial charge in [0.15, 0.2) is 0 Å². The van der Waals surface area contributed by atoms with Crippen molar-refractivity contribution in [2.45, 2.75) is 27.2 Å². The fraction of sp³-hybridized carbons (Fsp3) is 0.909. The third kappa shape index (κ3) is 2.53. The van der Waals surface area contributed by atoms with Crippen LogP contribution in [0.3, 0.4) is 0 Å². The van der Waals surface area contributed by atoms with Gasteiger partial charge in [0.25, 0.3) is 0 Å². The van der Waals surface area contributed by atoms with Crippen molar-refractivity contribution in [3.63, 3.8) is 0 Å². The third-order valence-corrected chi connectivity index (χ3v) is 3.24. The molecule has 76 valence electrons. The van der Waals surface area contributed by atoms with Crippen molar-refractivity contribution < 1.29 is 4.79 Å². The van der Waals surface area contributed by atoms with Crippen molar-refractivity contribution in [2.75, 3.05) is 20.1 Å². The van der Waals surface area contributed by atoms with Gasteiger partial charge in [0.05, 0.1) is 0 Å². The van der Waals surface area contributed by atoms with Crippen molar-refractivity contribution in [3.8, 4) is 0 Å². The molecule has 13 heavy (non-hydrogen) atoms. The smallest absolute Gasteiger partial charge is 0.140 e. The third-order valence-electron chi connectivity index (χ3n) is 3.24. The van der Waals surface area contributed by atoms with E-state index in [9.17, 15) is 4.79 Å². The Morgan fingerprint density at radius 3 is 2.38 bits per heavy atom. The molecule has 1 aliphatic rings. The molecule has 0 aromatic rings. The molecule has 0 spiro atoms. The van der Waals surface area contributed by atoms with Crippen LogP contribution in [0.2, 0.25) is 0 Å². The molecule has 1 heterocycles. The van der Waals surface area contributed by atoms with Gasteiger partial charge >= 0.3 is 0 Å². The molecule has 0 aliphatic carbocycles. The number of Topliss-reactive ketones (excluding diaryl/α,β-unsaturated/α-hetero) is 1. The van der Waals surface area contributed by atoms with E-state index in [1.54, 1.807) is 0 Å². The summed E-state index contributed by atoms with van der Waals surface area (Å²) >= 11 is 0. The summed E-state index contributed by atoms with van der Waals surface area (Å²) in [6.45, 7) is 8.37. The number of nitrogens with zero attached hydrogens (tertiary/aromatic N) is 1. The molecule has 0 saturated carbocycles. The highest BCUT2D eigenvalue weighted by Gasteiger charge is 2.30. The molecule has 0 N–H and O–H groups in total. The van der Waals surface area contributed by atoms with Crippen LogP contribution in [0.15, 0.2) is 0 Å². The summed E-state index contributed by atoms with van der Waals surface area (Å²) < 4.78 is 0. The summed E-state index contributed by atoms with van der Waals surface area (Å²) in [5, 5.41) is 0. The minimum Gasteiger partial charge on any atom is -0.306 e. The molecule has 1 aliphatic heterocycles. The number of rotatable bonds is 3. The number of carbonyl (C=O) groups is 1. The first-order valence-corrected chi connectivity index (χ1v) is 5.24. The molecule has 0 amide bonds. The zero-order chi connectivity index (χ0) is 10.0. The van der Waals surface area contributed by atoms with Crippen LogP contribution in [-0.2, 0) is 4.79 Å². The van der Waals surface area contributed by atoms with Gasteiger partial charge in [-0.1, -0.05) is 20.8 Å². The fourth-order valence-electron chi connectivity index (χ4n) is 1.87. The van der Waals surface area contributed by atoms with Crippen LogP contribution in [0.5, 0.6) is 0 Å². The molecule has 2 nitrogen and oxygen atoms in total. The average Bonchev–Trinajstić information content (AvgIpc) is 2.49. The predicted molar refractivity (Wildman–Crippen MR) is 54.6 cm³/mol. The van der Waals surface area contributed by atoms with E-state index < -0.39 is 0 Å². The SMILES string of the molecule is CC(C)C(C)C(=O)C1CCN(C)C1. The van der Waals surface area contributed by atoms with Crippen LogP contribution in [0.25, 0.3) is 0 Å². The molecule has 0 radical (unpaired) electrons. The number of ketones is 1. The normalized spacial score (nSPS) is 26.7. The quantitative estimate of drug-likeness (QED) is 0.665. The first kappa shape index (κ1) is 10.7. The van der Waals surface area contributed by atoms with E-state index in [1.807, 2.05) is 0 Å². The lowest BCUT2D eigenvalue weighted by Gasteiger charge is -2.18. The number of hydrogen-bond donors (Lipinski definition) is 0. The topological polar surface area (TPSA) is 20.3 Å². The van der Waals surface area contributed by atoms with Gasteiger partial charge in [-0.2, -0.15) is 0 Å². The fourth-order valence-corrected chi connectivity index (χ4v) is 1.87. The maximum Gasteiger partial charge on any atom is 0.140 e. The Hall–Kier alpha value is -0.370. The Kier molecular flexibility index (Phi) is 3.48. The highest BCUT2D eigenvalue weighted by atomic mass is 16.1. The maximum absolute atomic E-state index is 11.9. The molecule has 1 rings (SSSR count). The second-order valence-corrected chi connectivity index (χ2v) is 4.68. The Labute approximate surface area is 81.3 Å². The minimum absolute atomic E-state index is 0.233. The summed E-state index contributed by atoms with van der Waals surface area (Å²) in [4.78, 5) is 14.2. The van der Waals surface area contributed by atoms with E-state index in [0.717, 1.165) is 19.5 Å². The molecule has 2 heteroatoms. The van der Waals surface area contributed by atoms with Crippen LogP contribution in [0.4, 0.5) is 0 Å². The van der Waals surface area contributed by atoms with Crippen molar-refractivity contribution in [1.82, 2.24) is 4.90 Å². The largest absolute Gasteiger partial charge is 0.306 e. The Morgan fingerprint density at radius 1 is 1.38 bits per heavy atom. The summed E-state index contributed by atoms with van der Waals surface area (Å²) in [6, 6.07) is 0. The highest BCUT2D eigenvalue weighted by molar-refractivity contribution is 5.83. The zero-order valence-corrected chi connectivity index (χ0v) is 9.21. The Morgan fingerprint density at radius 2 is 2.00 bits per heavy atom. The van der Waals surface area contributed by atoms with E-state index in [4.69, 9.17) is 0 Å². The average molecular weight is 183 g/mol. The lowest BCUT2D eigenvalue weighted by molar-refractivity contribution is -0.127. The standard InChI is InChI=1S/C11H21NO/c1-8(2)9(3)11(13)10-5-6-12(4)7-10/h8-10H,5-7H2,1-4H3. The predicted octanol–water partition coefficient (Wildman–Crippen LogP) is 1.80. The molecule has 2 unspecified atom stereocenters. The summed E-state index contributed by atoms with van der Waals surface area (Å²) in [5.41, 5.74) is 0. The first-order chi connectivity index (χ1) is 6.02. The number of likely N-dealkylation sites (tertiary alicyclic amines) is 1. The van der Waals surface area contributed by atoms with Gasteiger partial charge in [0.1, 0.15) is 5.78 Å². The number of carbonyl (C=O) groups excluding carboxylic acids is 1. The van der Waals surface area contributed by atoms with Gasteiger partial charge in [-0.25, -0.2) is 0 Å². The van der Waals surface area contributed by atoms with Crippen LogP contribution >= 0.6 is 0 Å². The van der Waals surface area contributed by atoms with Gasteiger partial charge in [0.2, 0.25) is 0 Å². The molecule has 1 saturated heterocycles. The molecule has 2 atom stereocenters. The van der Waals surface area contributed by atoms with Crippen molar-refractivity contribution in [1.29, 1.82) is 0 Å². The van der Waals surface area contributed by atoms with E-state index >= 15 is 0 Å². The summed E-state index contributed by atoms with van der Waals surface area (Å²) in [6.07, 6.45) is 1.06. The highest BCUT2D eigenvalue weighted by Crippen LogP contribution is 2.22. The monoisotopic (exact) mass is 183 g/mol. The zero-order valence-electron chi connectivity index (χ0n) is 9.21. The summed E-state index contributed by atoms with van der Waals surface area (Å²) in [5.74, 6) is 1.50. The van der Waals surface area contributed by atoms with Gasteiger partial charge in [-0.3, -0.25) is 4.79 Å². The van der Waals surface area contributed by atoms with Gasteiger partial charge in [-0.05, 0) is 25.9 Å². The minimum atomic E-state index is 0.233. The first-order valence-electron chi connectivity index (χ1n) is 5.24. The van der Waals surface area contributed by atoms with Crippen LogP contribution in [0.1, 0.15) is 27.2 Å². The van der Waals surface area contributed by atoms with Crippen LogP contribution in [0, 0.1) is 17.8 Å². The molecule has 1 fully saturated rings. The van der Waals surface area contributed by atoms with E-state index in [0.29, 0.717) is 17.6 Å². The molecule has 0 aromatic heterocycles. The van der Waals surface area contributed by atoms with Gasteiger partial charge < -0.3 is 4.90 Å². The lowest BCUT2D eigenvalue weighted by atomic mass is 9.86. The molecular weight excluding hydrogens is 162 g/mol. The van der Waals surface area contributed by atoms with E-state index in [1.165, 1.54) is 0 Å². The second kappa shape index (κ2) is 4.23. The van der Waals surface area contributed by atoms with Crippen molar-refractivity contribution in [2.24, 2.45) is 17.8 Å². The van der Waals surface area contributed by atoms with Gasteiger partial charge in [-0.15, -0.1) is 0 Å².